The van der Waals surface area contributed by atoms with Crippen LogP contribution in [-0.2, 0) is 41.1 Å². The highest BCUT2D eigenvalue weighted by Gasteiger charge is 2.32. The third-order valence-corrected chi connectivity index (χ3v) is 6.38. The number of ether oxygens (including phenoxy) is 2. The van der Waals surface area contributed by atoms with E-state index in [1.54, 1.807) is 6.08 Å². The first kappa shape index (κ1) is 25.2. The monoisotopic (exact) mass is 478 g/mol. The summed E-state index contributed by atoms with van der Waals surface area (Å²) < 4.78 is 28.4. The Morgan fingerprint density at radius 1 is 1.03 bits per heavy atom. The van der Waals surface area contributed by atoms with Crippen molar-refractivity contribution in [1.82, 2.24) is 4.57 Å². The summed E-state index contributed by atoms with van der Waals surface area (Å²) in [5.74, 6) is 0. The van der Waals surface area contributed by atoms with Crippen molar-refractivity contribution in [1.29, 1.82) is 0 Å². The molecule has 0 unspecified atom stereocenters. The Labute approximate surface area is 207 Å². The van der Waals surface area contributed by atoms with Gasteiger partial charge in [0.25, 0.3) is 0 Å². The molecule has 35 heavy (non-hydrogen) atoms. The molecule has 1 aliphatic carbocycles. The maximum atomic E-state index is 14.5. The van der Waals surface area contributed by atoms with Crippen LogP contribution in [0.4, 0.5) is 4.39 Å². The van der Waals surface area contributed by atoms with E-state index >= 15 is 0 Å². The molecule has 0 amide bonds. The van der Waals surface area contributed by atoms with Crippen molar-refractivity contribution in [2.75, 3.05) is 13.2 Å². The molecule has 0 bridgehead atoms. The minimum atomic E-state index is -1.23. The lowest BCUT2D eigenvalue weighted by Gasteiger charge is -2.29. The number of benzene rings is 2. The van der Waals surface area contributed by atoms with E-state index < -0.39 is 12.3 Å². The molecule has 1 heterocycles. The van der Waals surface area contributed by atoms with Crippen molar-refractivity contribution in [2.45, 2.75) is 57.7 Å². The van der Waals surface area contributed by atoms with E-state index in [1.165, 1.54) is 0 Å². The molecule has 2 atom stereocenters. The SMILES string of the molecule is CC(C)(COCc1ccccc1)c1cc2c(n1C[C@@H](O)COCc1ccccc1)C[C@@H](F)C(N)=C2. The van der Waals surface area contributed by atoms with Gasteiger partial charge in [-0.1, -0.05) is 74.5 Å². The smallest absolute Gasteiger partial charge is 0.145 e. The van der Waals surface area contributed by atoms with Crippen molar-refractivity contribution in [3.05, 3.63) is 101 Å². The Balaban J connectivity index is 1.48. The second-order valence-corrected chi connectivity index (χ2v) is 9.88. The molecule has 2 aromatic carbocycles. The number of fused-ring (bicyclic) bond motifs is 1. The topological polar surface area (TPSA) is 69.6 Å². The average molecular weight is 479 g/mol. The lowest BCUT2D eigenvalue weighted by atomic mass is 9.89. The van der Waals surface area contributed by atoms with Gasteiger partial charge in [0.2, 0.25) is 0 Å². The number of aliphatic hydroxyl groups is 1. The van der Waals surface area contributed by atoms with Gasteiger partial charge in [-0.15, -0.1) is 0 Å². The third-order valence-electron chi connectivity index (χ3n) is 6.38. The van der Waals surface area contributed by atoms with Gasteiger partial charge in [0.1, 0.15) is 6.17 Å². The first-order valence-electron chi connectivity index (χ1n) is 12.1. The standard InChI is InChI=1S/C29H35FN2O3/c1-29(2,20-35-18-22-11-7-4-8-12-22)28-14-23-13-26(31)25(30)15-27(23)32(28)16-24(33)19-34-17-21-9-5-3-6-10-21/h3-14,24-25,33H,15-20,31H2,1-2H3/t24-,25-/m1/s1. The van der Waals surface area contributed by atoms with Crippen LogP contribution >= 0.6 is 0 Å². The van der Waals surface area contributed by atoms with E-state index in [1.807, 2.05) is 65.2 Å². The van der Waals surface area contributed by atoms with E-state index in [2.05, 4.69) is 19.9 Å². The summed E-state index contributed by atoms with van der Waals surface area (Å²) in [5.41, 5.74) is 10.7. The van der Waals surface area contributed by atoms with Gasteiger partial charge in [0.05, 0.1) is 39.1 Å². The van der Waals surface area contributed by atoms with Crippen LogP contribution in [0.15, 0.2) is 72.4 Å². The van der Waals surface area contributed by atoms with Crippen molar-refractivity contribution in [3.8, 4) is 0 Å². The number of nitrogens with zero attached hydrogens (tertiary/aromatic N) is 1. The van der Waals surface area contributed by atoms with Gasteiger partial charge in [0, 0.05) is 28.9 Å². The predicted molar refractivity (Wildman–Crippen MR) is 136 cm³/mol. The minimum absolute atomic E-state index is 0.184. The molecule has 0 radical (unpaired) electrons. The molecule has 0 saturated carbocycles. The Kier molecular flexibility index (Phi) is 8.06. The van der Waals surface area contributed by atoms with E-state index in [-0.39, 0.29) is 24.1 Å². The summed E-state index contributed by atoms with van der Waals surface area (Å²) in [6, 6.07) is 22.0. The molecule has 0 fully saturated rings. The molecular formula is C29H35FN2O3. The number of alkyl halides is 1. The van der Waals surface area contributed by atoms with Gasteiger partial charge in [-0.2, -0.15) is 0 Å². The fourth-order valence-corrected chi connectivity index (χ4v) is 4.51. The summed E-state index contributed by atoms with van der Waals surface area (Å²) in [4.78, 5) is 0. The number of aliphatic hydroxyl groups excluding tert-OH is 1. The summed E-state index contributed by atoms with van der Waals surface area (Å²) in [6.07, 6.45) is -0.0666. The largest absolute Gasteiger partial charge is 0.400 e. The van der Waals surface area contributed by atoms with Crippen LogP contribution in [0.3, 0.4) is 0 Å². The molecular weight excluding hydrogens is 443 g/mol. The first-order valence-corrected chi connectivity index (χ1v) is 12.1. The third kappa shape index (κ3) is 6.40. The lowest BCUT2D eigenvalue weighted by Crippen LogP contribution is -2.32. The summed E-state index contributed by atoms with van der Waals surface area (Å²) in [7, 11) is 0. The molecule has 0 saturated heterocycles. The highest BCUT2D eigenvalue weighted by Crippen LogP contribution is 2.34. The van der Waals surface area contributed by atoms with Crippen LogP contribution in [0.2, 0.25) is 0 Å². The second-order valence-electron chi connectivity index (χ2n) is 9.88. The first-order chi connectivity index (χ1) is 16.8. The lowest BCUT2D eigenvalue weighted by molar-refractivity contribution is 0.0184. The maximum Gasteiger partial charge on any atom is 0.145 e. The number of aromatic nitrogens is 1. The molecule has 3 aromatic rings. The minimum Gasteiger partial charge on any atom is -0.400 e. The zero-order chi connectivity index (χ0) is 24.8. The van der Waals surface area contributed by atoms with Crippen molar-refractivity contribution in [3.63, 3.8) is 0 Å². The normalized spacial score (nSPS) is 16.6. The summed E-state index contributed by atoms with van der Waals surface area (Å²) >= 11 is 0. The Morgan fingerprint density at radius 3 is 2.26 bits per heavy atom. The number of allylic oxidation sites excluding steroid dienone is 1. The molecule has 3 N–H and O–H groups in total. The average Bonchev–Trinajstić information content (AvgIpc) is 3.18. The Hall–Kier alpha value is -2.93. The molecule has 6 heteroatoms. The molecule has 5 nitrogen and oxygen atoms in total. The number of halogens is 1. The van der Waals surface area contributed by atoms with Crippen LogP contribution < -0.4 is 5.73 Å². The fourth-order valence-electron chi connectivity index (χ4n) is 4.51. The molecule has 1 aromatic heterocycles. The van der Waals surface area contributed by atoms with Gasteiger partial charge < -0.3 is 24.9 Å². The Morgan fingerprint density at radius 2 is 1.63 bits per heavy atom. The number of nitrogens with two attached hydrogens (primary N) is 1. The van der Waals surface area contributed by atoms with E-state index in [4.69, 9.17) is 15.2 Å². The zero-order valence-corrected chi connectivity index (χ0v) is 20.5. The molecule has 4 rings (SSSR count). The number of hydrogen-bond acceptors (Lipinski definition) is 4. The van der Waals surface area contributed by atoms with Crippen LogP contribution in [0.5, 0.6) is 0 Å². The van der Waals surface area contributed by atoms with E-state index in [0.717, 1.165) is 28.1 Å². The van der Waals surface area contributed by atoms with Crippen molar-refractivity contribution in [2.24, 2.45) is 5.73 Å². The van der Waals surface area contributed by atoms with Crippen molar-refractivity contribution < 1.29 is 19.0 Å². The zero-order valence-electron chi connectivity index (χ0n) is 20.5. The molecule has 0 spiro atoms. The Bertz CT molecular complexity index is 1130. The predicted octanol–water partition coefficient (Wildman–Crippen LogP) is 4.75. The fraction of sp³-hybridized carbons (Fsp3) is 0.379. The highest BCUT2D eigenvalue weighted by atomic mass is 19.1. The highest BCUT2D eigenvalue weighted by molar-refractivity contribution is 5.61. The van der Waals surface area contributed by atoms with E-state index in [0.29, 0.717) is 26.4 Å². The van der Waals surface area contributed by atoms with E-state index in [9.17, 15) is 9.50 Å². The van der Waals surface area contributed by atoms with Crippen LogP contribution in [0.25, 0.3) is 6.08 Å². The quantitative estimate of drug-likeness (QED) is 0.417. The second kappa shape index (κ2) is 11.2. The maximum absolute atomic E-state index is 14.5. The van der Waals surface area contributed by atoms with Gasteiger partial charge in [-0.3, -0.25) is 0 Å². The van der Waals surface area contributed by atoms with Gasteiger partial charge >= 0.3 is 0 Å². The summed E-state index contributed by atoms with van der Waals surface area (Å²) in [5, 5.41) is 10.8. The van der Waals surface area contributed by atoms with Crippen LogP contribution in [-0.4, -0.2) is 35.2 Å². The van der Waals surface area contributed by atoms with Gasteiger partial charge in [-0.25, -0.2) is 4.39 Å². The molecule has 186 valence electrons. The van der Waals surface area contributed by atoms with Crippen molar-refractivity contribution >= 4 is 6.08 Å². The summed E-state index contributed by atoms with van der Waals surface area (Å²) in [6.45, 7) is 6.12. The van der Waals surface area contributed by atoms with Gasteiger partial charge in [0.15, 0.2) is 0 Å². The van der Waals surface area contributed by atoms with Gasteiger partial charge in [-0.05, 0) is 28.8 Å². The van der Waals surface area contributed by atoms with Crippen LogP contribution in [0.1, 0.15) is 41.9 Å². The van der Waals surface area contributed by atoms with Crippen LogP contribution in [0, 0.1) is 0 Å². The number of rotatable bonds is 11. The molecule has 1 aliphatic rings. The number of hydrogen-bond donors (Lipinski definition) is 2. The molecule has 0 aliphatic heterocycles.